The topological polar surface area (TPSA) is 84.9 Å². The van der Waals surface area contributed by atoms with Gasteiger partial charge in [-0.05, 0) is 50.3 Å². The van der Waals surface area contributed by atoms with Crippen LogP contribution in [0.1, 0.15) is 58.9 Å². The fraction of sp³-hybridized carbons (Fsp3) is 0.478. The maximum absolute atomic E-state index is 13.2. The van der Waals surface area contributed by atoms with Gasteiger partial charge < -0.3 is 19.9 Å². The zero-order valence-corrected chi connectivity index (χ0v) is 17.9. The van der Waals surface area contributed by atoms with E-state index in [1.807, 2.05) is 6.92 Å². The molecule has 0 bridgehead atoms. The number of allylic oxidation sites excluding steroid dienone is 3. The summed E-state index contributed by atoms with van der Waals surface area (Å²) in [6.45, 7) is 9.55. The number of rotatable bonds is 4. The van der Waals surface area contributed by atoms with Gasteiger partial charge in [0, 0.05) is 29.3 Å². The Morgan fingerprint density at radius 2 is 1.97 bits per heavy atom. The fourth-order valence-corrected chi connectivity index (χ4v) is 4.19. The summed E-state index contributed by atoms with van der Waals surface area (Å²) in [4.78, 5) is 26.2. The SMILES string of the molecule is COc1cc(C2C(C(=O)OC(C)C)=C(C)NC3=C2C(=O)CC(C)(C)C3)ccc1O. The summed E-state index contributed by atoms with van der Waals surface area (Å²) in [6, 6.07) is 4.93. The van der Waals surface area contributed by atoms with Gasteiger partial charge in [0.1, 0.15) is 0 Å². The number of aromatic hydroxyl groups is 1. The number of nitrogens with one attached hydrogen (secondary N) is 1. The first-order chi connectivity index (χ1) is 13.5. The summed E-state index contributed by atoms with van der Waals surface area (Å²) in [5.74, 6) is -0.714. The Morgan fingerprint density at radius 3 is 2.59 bits per heavy atom. The molecule has 1 unspecified atom stereocenters. The molecular weight excluding hydrogens is 370 g/mol. The highest BCUT2D eigenvalue weighted by atomic mass is 16.5. The predicted octanol–water partition coefficient (Wildman–Crippen LogP) is 3.96. The molecule has 0 spiro atoms. The van der Waals surface area contributed by atoms with Gasteiger partial charge in [0.05, 0.1) is 18.8 Å². The van der Waals surface area contributed by atoms with Crippen LogP contribution in [0.2, 0.25) is 0 Å². The molecule has 1 aromatic carbocycles. The minimum absolute atomic E-state index is 0.00231. The number of phenols is 1. The van der Waals surface area contributed by atoms with Crippen molar-refractivity contribution in [1.82, 2.24) is 5.32 Å². The van der Waals surface area contributed by atoms with E-state index in [4.69, 9.17) is 9.47 Å². The minimum Gasteiger partial charge on any atom is -0.504 e. The van der Waals surface area contributed by atoms with Crippen molar-refractivity contribution in [2.75, 3.05) is 7.11 Å². The van der Waals surface area contributed by atoms with Crippen molar-refractivity contribution in [2.24, 2.45) is 5.41 Å². The van der Waals surface area contributed by atoms with Gasteiger partial charge in [0.2, 0.25) is 0 Å². The third-order valence-electron chi connectivity index (χ3n) is 5.34. The number of Topliss-reactive ketones (excluding diaryl/α,β-unsaturated/α-hetero) is 1. The number of hydrogen-bond acceptors (Lipinski definition) is 6. The Kier molecular flexibility index (Phi) is 5.48. The standard InChI is InChI=1S/C23H29NO5/c1-12(2)29-22(27)19-13(3)24-15-10-23(4,5)11-17(26)21(15)20(19)14-7-8-16(25)18(9-14)28-6/h7-9,12,20,24-25H,10-11H2,1-6H3. The second-order valence-corrected chi connectivity index (χ2v) is 8.82. The fourth-order valence-electron chi connectivity index (χ4n) is 4.19. The van der Waals surface area contributed by atoms with E-state index in [0.29, 0.717) is 41.0 Å². The summed E-state index contributed by atoms with van der Waals surface area (Å²) in [5.41, 5.74) is 3.09. The van der Waals surface area contributed by atoms with Crippen LogP contribution in [0.5, 0.6) is 11.5 Å². The van der Waals surface area contributed by atoms with Crippen molar-refractivity contribution in [3.05, 3.63) is 46.3 Å². The molecule has 2 aliphatic rings. The number of ketones is 1. The minimum atomic E-state index is -0.574. The Labute approximate surface area is 171 Å². The second-order valence-electron chi connectivity index (χ2n) is 8.82. The molecule has 29 heavy (non-hydrogen) atoms. The average molecular weight is 399 g/mol. The lowest BCUT2D eigenvalue weighted by molar-refractivity contribution is -0.143. The van der Waals surface area contributed by atoms with Gasteiger partial charge in [-0.2, -0.15) is 0 Å². The van der Waals surface area contributed by atoms with E-state index in [1.54, 1.807) is 26.0 Å². The van der Waals surface area contributed by atoms with E-state index in [2.05, 4.69) is 19.2 Å². The van der Waals surface area contributed by atoms with Crippen molar-refractivity contribution >= 4 is 11.8 Å². The molecule has 0 fully saturated rings. The van der Waals surface area contributed by atoms with Crippen LogP contribution in [0.25, 0.3) is 0 Å². The number of phenolic OH excluding ortho intramolecular Hbond substituents is 1. The molecule has 0 saturated carbocycles. The number of benzene rings is 1. The Hall–Kier alpha value is -2.76. The number of hydrogen-bond donors (Lipinski definition) is 2. The molecule has 0 saturated heterocycles. The number of ether oxygens (including phenoxy) is 2. The smallest absolute Gasteiger partial charge is 0.337 e. The molecule has 1 aliphatic heterocycles. The molecule has 0 radical (unpaired) electrons. The van der Waals surface area contributed by atoms with Crippen molar-refractivity contribution in [3.8, 4) is 11.5 Å². The Morgan fingerprint density at radius 1 is 1.28 bits per heavy atom. The quantitative estimate of drug-likeness (QED) is 0.746. The molecule has 1 heterocycles. The zero-order valence-electron chi connectivity index (χ0n) is 17.9. The predicted molar refractivity (Wildman–Crippen MR) is 110 cm³/mol. The highest BCUT2D eigenvalue weighted by Gasteiger charge is 2.43. The third kappa shape index (κ3) is 4.02. The molecule has 6 heteroatoms. The lowest BCUT2D eigenvalue weighted by atomic mass is 9.68. The van der Waals surface area contributed by atoms with Crippen molar-refractivity contribution < 1.29 is 24.2 Å². The molecule has 3 rings (SSSR count). The van der Waals surface area contributed by atoms with Crippen molar-refractivity contribution in [1.29, 1.82) is 0 Å². The number of methoxy groups -OCH3 is 1. The molecule has 0 amide bonds. The van der Waals surface area contributed by atoms with E-state index in [9.17, 15) is 14.7 Å². The lowest BCUT2D eigenvalue weighted by Gasteiger charge is -2.39. The van der Waals surface area contributed by atoms with Crippen LogP contribution < -0.4 is 10.1 Å². The summed E-state index contributed by atoms with van der Waals surface area (Å²) < 4.78 is 10.8. The highest BCUT2D eigenvalue weighted by Crippen LogP contribution is 2.47. The molecule has 6 nitrogen and oxygen atoms in total. The van der Waals surface area contributed by atoms with E-state index in [1.165, 1.54) is 13.2 Å². The van der Waals surface area contributed by atoms with E-state index < -0.39 is 11.9 Å². The van der Waals surface area contributed by atoms with Gasteiger partial charge in [-0.3, -0.25) is 4.79 Å². The molecule has 1 atom stereocenters. The van der Waals surface area contributed by atoms with Gasteiger partial charge in [-0.25, -0.2) is 4.79 Å². The van der Waals surface area contributed by atoms with Gasteiger partial charge in [-0.15, -0.1) is 0 Å². The van der Waals surface area contributed by atoms with Crippen LogP contribution in [-0.2, 0) is 14.3 Å². The van der Waals surface area contributed by atoms with Gasteiger partial charge in [0.15, 0.2) is 17.3 Å². The maximum atomic E-state index is 13.2. The molecule has 1 aliphatic carbocycles. The zero-order chi connectivity index (χ0) is 21.5. The monoisotopic (exact) mass is 399 g/mol. The third-order valence-corrected chi connectivity index (χ3v) is 5.34. The summed E-state index contributed by atoms with van der Waals surface area (Å²) in [7, 11) is 1.47. The Bertz CT molecular complexity index is 923. The van der Waals surface area contributed by atoms with Crippen LogP contribution in [0.15, 0.2) is 40.7 Å². The van der Waals surface area contributed by atoms with E-state index in [0.717, 1.165) is 5.70 Å². The highest BCUT2D eigenvalue weighted by molar-refractivity contribution is 6.04. The number of carbonyl (C=O) groups excluding carboxylic acids is 2. The van der Waals surface area contributed by atoms with E-state index in [-0.39, 0.29) is 23.1 Å². The van der Waals surface area contributed by atoms with Crippen LogP contribution in [0.4, 0.5) is 0 Å². The van der Waals surface area contributed by atoms with Crippen LogP contribution in [0, 0.1) is 5.41 Å². The summed E-state index contributed by atoms with van der Waals surface area (Å²) in [5, 5.41) is 13.3. The average Bonchev–Trinajstić information content (AvgIpc) is 2.59. The molecule has 1 aromatic rings. The first-order valence-electron chi connectivity index (χ1n) is 9.86. The number of esters is 1. The first-order valence-corrected chi connectivity index (χ1v) is 9.86. The second kappa shape index (κ2) is 7.58. The molecular formula is C23H29NO5. The summed E-state index contributed by atoms with van der Waals surface area (Å²) in [6.07, 6.45) is 0.836. The van der Waals surface area contributed by atoms with Crippen LogP contribution >= 0.6 is 0 Å². The summed E-state index contributed by atoms with van der Waals surface area (Å²) >= 11 is 0. The van der Waals surface area contributed by atoms with Gasteiger partial charge >= 0.3 is 5.97 Å². The molecule has 156 valence electrons. The van der Waals surface area contributed by atoms with Crippen LogP contribution in [0.3, 0.4) is 0 Å². The van der Waals surface area contributed by atoms with E-state index >= 15 is 0 Å². The normalized spacial score (nSPS) is 21.1. The van der Waals surface area contributed by atoms with Crippen molar-refractivity contribution in [3.63, 3.8) is 0 Å². The largest absolute Gasteiger partial charge is 0.504 e. The number of dihydropyridines is 1. The Balaban J connectivity index is 2.20. The molecule has 0 aromatic heterocycles. The number of carbonyl (C=O) groups is 2. The van der Waals surface area contributed by atoms with Gasteiger partial charge in [0.25, 0.3) is 0 Å². The lowest BCUT2D eigenvalue weighted by Crippen LogP contribution is -2.39. The van der Waals surface area contributed by atoms with Crippen LogP contribution in [-0.4, -0.2) is 30.1 Å². The molecule has 2 N–H and O–H groups in total. The first kappa shape index (κ1) is 21.0. The van der Waals surface area contributed by atoms with Gasteiger partial charge in [-0.1, -0.05) is 19.9 Å². The van der Waals surface area contributed by atoms with Crippen molar-refractivity contribution in [2.45, 2.75) is 59.5 Å². The maximum Gasteiger partial charge on any atom is 0.337 e.